The third-order valence-electron chi connectivity index (χ3n) is 3.59. The molecule has 0 saturated heterocycles. The van der Waals surface area contributed by atoms with Crippen molar-refractivity contribution in [3.8, 4) is 11.3 Å². The van der Waals surface area contributed by atoms with Crippen LogP contribution in [0, 0.1) is 3.57 Å². The number of rotatable bonds is 4. The Morgan fingerprint density at radius 2 is 1.76 bits per heavy atom. The highest BCUT2D eigenvalue weighted by Gasteiger charge is 2.08. The largest absolute Gasteiger partial charge is 0.457 e. The van der Waals surface area contributed by atoms with E-state index in [0.717, 1.165) is 9.13 Å². The van der Waals surface area contributed by atoms with Gasteiger partial charge >= 0.3 is 0 Å². The van der Waals surface area contributed by atoms with Crippen molar-refractivity contribution in [3.05, 3.63) is 79.0 Å². The lowest BCUT2D eigenvalue weighted by molar-refractivity contribution is -0.115. The fourth-order valence-electron chi connectivity index (χ4n) is 2.35. The van der Waals surface area contributed by atoms with Crippen LogP contribution in [0.1, 0.15) is 5.76 Å². The van der Waals surface area contributed by atoms with Crippen molar-refractivity contribution in [1.82, 2.24) is 5.32 Å². The predicted octanol–water partition coefficient (Wildman–Crippen LogP) is 7.04. The lowest BCUT2D eigenvalue weighted by Gasteiger charge is -2.09. The number of anilines is 1. The highest BCUT2D eigenvalue weighted by molar-refractivity contribution is 14.1. The Morgan fingerprint density at radius 3 is 2.45 bits per heavy atom. The molecular formula is C20H12Cl3IN2O2S. The van der Waals surface area contributed by atoms with Gasteiger partial charge < -0.3 is 9.73 Å². The Labute approximate surface area is 201 Å². The molecule has 1 aromatic heterocycles. The van der Waals surface area contributed by atoms with E-state index in [1.165, 1.54) is 12.2 Å². The zero-order valence-corrected chi connectivity index (χ0v) is 19.8. The molecule has 0 aliphatic heterocycles. The first kappa shape index (κ1) is 22.1. The van der Waals surface area contributed by atoms with Crippen molar-refractivity contribution in [2.24, 2.45) is 0 Å². The SMILES string of the molecule is O=C(/C=C/c1ccc(-c2cc(Cl)cc(Cl)c2)o1)NC(=S)Nc1ccc(I)cc1Cl. The smallest absolute Gasteiger partial charge is 0.250 e. The van der Waals surface area contributed by atoms with Gasteiger partial charge in [-0.15, -0.1) is 0 Å². The van der Waals surface area contributed by atoms with Crippen LogP contribution in [-0.2, 0) is 4.79 Å². The predicted molar refractivity (Wildman–Crippen MR) is 132 cm³/mol. The maximum Gasteiger partial charge on any atom is 0.250 e. The number of furan rings is 1. The Morgan fingerprint density at radius 1 is 1.03 bits per heavy atom. The first-order valence-electron chi connectivity index (χ1n) is 8.11. The quantitative estimate of drug-likeness (QED) is 0.199. The summed E-state index contributed by atoms with van der Waals surface area (Å²) in [6, 6.07) is 14.1. The van der Waals surface area contributed by atoms with Crippen LogP contribution < -0.4 is 10.6 Å². The summed E-state index contributed by atoms with van der Waals surface area (Å²) in [4.78, 5) is 12.1. The van der Waals surface area contributed by atoms with Crippen LogP contribution in [0.5, 0.6) is 0 Å². The molecule has 2 aromatic carbocycles. The maximum atomic E-state index is 12.1. The van der Waals surface area contributed by atoms with E-state index in [0.29, 0.717) is 32.3 Å². The average molecular weight is 578 g/mol. The third-order valence-corrected chi connectivity index (χ3v) is 5.21. The second kappa shape index (κ2) is 9.95. The number of benzene rings is 2. The molecule has 0 unspecified atom stereocenters. The molecule has 0 aliphatic carbocycles. The van der Waals surface area contributed by atoms with E-state index in [1.807, 2.05) is 6.07 Å². The zero-order chi connectivity index (χ0) is 21.0. The van der Waals surface area contributed by atoms with E-state index in [4.69, 9.17) is 51.4 Å². The summed E-state index contributed by atoms with van der Waals surface area (Å²) >= 11 is 25.5. The molecule has 0 saturated carbocycles. The highest BCUT2D eigenvalue weighted by Crippen LogP contribution is 2.29. The minimum atomic E-state index is -0.409. The first-order valence-corrected chi connectivity index (χ1v) is 10.7. The first-order chi connectivity index (χ1) is 13.8. The molecule has 2 N–H and O–H groups in total. The van der Waals surface area contributed by atoms with E-state index >= 15 is 0 Å². The second-order valence-electron chi connectivity index (χ2n) is 5.76. The number of halogens is 4. The molecule has 4 nitrogen and oxygen atoms in total. The summed E-state index contributed by atoms with van der Waals surface area (Å²) in [6.07, 6.45) is 2.85. The number of nitrogens with one attached hydrogen (secondary N) is 2. The molecule has 0 aliphatic rings. The Bertz CT molecular complexity index is 1090. The van der Waals surface area contributed by atoms with Crippen LogP contribution in [-0.4, -0.2) is 11.0 Å². The molecule has 0 radical (unpaired) electrons. The van der Waals surface area contributed by atoms with Gasteiger partial charge in [0.15, 0.2) is 5.11 Å². The van der Waals surface area contributed by atoms with Gasteiger partial charge in [-0.25, -0.2) is 0 Å². The summed E-state index contributed by atoms with van der Waals surface area (Å²) in [7, 11) is 0. The normalized spacial score (nSPS) is 10.9. The van der Waals surface area contributed by atoms with Crippen molar-refractivity contribution in [3.63, 3.8) is 0 Å². The van der Waals surface area contributed by atoms with Crippen LogP contribution in [0.15, 0.2) is 59.0 Å². The molecule has 29 heavy (non-hydrogen) atoms. The number of thiocarbonyl (C=S) groups is 1. The fraction of sp³-hybridized carbons (Fsp3) is 0. The maximum absolute atomic E-state index is 12.1. The van der Waals surface area contributed by atoms with E-state index in [1.54, 1.807) is 42.5 Å². The molecule has 1 heterocycles. The average Bonchev–Trinajstić information content (AvgIpc) is 3.11. The Balaban J connectivity index is 1.60. The lowest BCUT2D eigenvalue weighted by Crippen LogP contribution is -2.32. The number of carbonyl (C=O) groups is 1. The summed E-state index contributed by atoms with van der Waals surface area (Å²) < 4.78 is 6.70. The molecule has 0 fully saturated rings. The summed E-state index contributed by atoms with van der Waals surface area (Å²) in [5.74, 6) is 0.665. The molecule has 0 spiro atoms. The summed E-state index contributed by atoms with van der Waals surface area (Å²) in [6.45, 7) is 0. The minimum Gasteiger partial charge on any atom is -0.457 e. The van der Waals surface area contributed by atoms with Gasteiger partial charge in [-0.05, 0) is 89.4 Å². The topological polar surface area (TPSA) is 54.3 Å². The van der Waals surface area contributed by atoms with Crippen molar-refractivity contribution < 1.29 is 9.21 Å². The third kappa shape index (κ3) is 6.45. The van der Waals surface area contributed by atoms with Crippen LogP contribution >= 0.6 is 69.6 Å². The molecule has 3 rings (SSSR count). The van der Waals surface area contributed by atoms with Crippen molar-refractivity contribution in [1.29, 1.82) is 0 Å². The Kier molecular flexibility index (Phi) is 7.59. The molecule has 148 valence electrons. The molecule has 1 amide bonds. The van der Waals surface area contributed by atoms with Gasteiger partial charge in [0, 0.05) is 25.3 Å². The number of hydrogen-bond donors (Lipinski definition) is 2. The van der Waals surface area contributed by atoms with Crippen molar-refractivity contribution in [2.75, 3.05) is 5.32 Å². The molecule has 0 atom stereocenters. The van der Waals surface area contributed by atoms with Gasteiger partial charge in [0.25, 0.3) is 0 Å². The van der Waals surface area contributed by atoms with Gasteiger partial charge in [0.2, 0.25) is 5.91 Å². The van der Waals surface area contributed by atoms with Gasteiger partial charge in [-0.2, -0.15) is 0 Å². The summed E-state index contributed by atoms with van der Waals surface area (Å²) in [5, 5.41) is 7.10. The van der Waals surface area contributed by atoms with Crippen molar-refractivity contribution in [2.45, 2.75) is 0 Å². The van der Waals surface area contributed by atoms with Crippen LogP contribution in [0.25, 0.3) is 17.4 Å². The van der Waals surface area contributed by atoms with Gasteiger partial charge in [-0.1, -0.05) is 34.8 Å². The van der Waals surface area contributed by atoms with Gasteiger partial charge in [0.05, 0.1) is 10.7 Å². The number of amides is 1. The van der Waals surface area contributed by atoms with Crippen LogP contribution in [0.2, 0.25) is 15.1 Å². The number of carbonyl (C=O) groups excluding carboxylic acids is 1. The summed E-state index contributed by atoms with van der Waals surface area (Å²) in [5.41, 5.74) is 1.35. The van der Waals surface area contributed by atoms with Gasteiger partial charge in [-0.3, -0.25) is 10.1 Å². The lowest BCUT2D eigenvalue weighted by atomic mass is 10.2. The van der Waals surface area contributed by atoms with E-state index in [-0.39, 0.29) is 5.11 Å². The second-order valence-corrected chi connectivity index (χ2v) is 8.69. The van der Waals surface area contributed by atoms with Crippen LogP contribution in [0.4, 0.5) is 5.69 Å². The van der Waals surface area contributed by atoms with Crippen LogP contribution in [0.3, 0.4) is 0 Å². The standard InChI is InChI=1S/C20H12Cl3IN2O2S/c21-12-7-11(8-13(22)9-12)18-5-2-15(28-18)3-6-19(27)26-20(29)25-17-4-1-14(24)10-16(17)23/h1-10H,(H2,25,26,27,29)/b6-3+. The molecular weight excluding hydrogens is 566 g/mol. The van der Waals surface area contributed by atoms with E-state index in [2.05, 4.69) is 33.2 Å². The van der Waals surface area contributed by atoms with Gasteiger partial charge in [0.1, 0.15) is 11.5 Å². The zero-order valence-electron chi connectivity index (χ0n) is 14.5. The van der Waals surface area contributed by atoms with E-state index < -0.39 is 5.91 Å². The van der Waals surface area contributed by atoms with Crippen molar-refractivity contribution >= 4 is 92.4 Å². The monoisotopic (exact) mass is 576 g/mol. The highest BCUT2D eigenvalue weighted by atomic mass is 127. The molecule has 3 aromatic rings. The molecule has 9 heteroatoms. The minimum absolute atomic E-state index is 0.136. The fourth-order valence-corrected chi connectivity index (χ4v) is 3.99. The molecule has 0 bridgehead atoms. The van der Waals surface area contributed by atoms with E-state index in [9.17, 15) is 4.79 Å². The Hall–Kier alpha value is -1.58. The number of hydrogen-bond acceptors (Lipinski definition) is 3.